The molecule has 1 aromatic carbocycles. The number of amides is 2. The molecule has 8 heteroatoms. The molecule has 0 radical (unpaired) electrons. The van der Waals surface area contributed by atoms with Gasteiger partial charge in [-0.2, -0.15) is 0 Å². The van der Waals surface area contributed by atoms with E-state index >= 15 is 0 Å². The molecule has 2 amide bonds. The van der Waals surface area contributed by atoms with E-state index in [0.717, 1.165) is 25.7 Å². The van der Waals surface area contributed by atoms with E-state index in [0.29, 0.717) is 23.7 Å². The Labute approximate surface area is 189 Å². The van der Waals surface area contributed by atoms with Gasteiger partial charge < -0.3 is 24.0 Å². The molecule has 1 saturated heterocycles. The minimum atomic E-state index is -0.871. The van der Waals surface area contributed by atoms with Crippen LogP contribution in [0.5, 0.6) is 11.5 Å². The van der Waals surface area contributed by atoms with E-state index in [2.05, 4.69) is 0 Å². The summed E-state index contributed by atoms with van der Waals surface area (Å²) in [4.78, 5) is 41.8. The van der Waals surface area contributed by atoms with Crippen molar-refractivity contribution in [3.8, 4) is 11.5 Å². The summed E-state index contributed by atoms with van der Waals surface area (Å²) in [6, 6.07) is 5.38. The largest absolute Gasteiger partial charge is 0.497 e. The van der Waals surface area contributed by atoms with Gasteiger partial charge in [-0.05, 0) is 38.8 Å². The Bertz CT molecular complexity index is 836. The molecule has 1 aliphatic heterocycles. The highest BCUT2D eigenvalue weighted by Gasteiger charge is 2.39. The van der Waals surface area contributed by atoms with Crippen molar-refractivity contribution < 1.29 is 28.6 Å². The summed E-state index contributed by atoms with van der Waals surface area (Å²) < 4.78 is 16.1. The number of carbonyl (C=O) groups is 3. The van der Waals surface area contributed by atoms with Crippen LogP contribution in [0, 0.1) is 5.92 Å². The summed E-state index contributed by atoms with van der Waals surface area (Å²) in [5.74, 6) is -0.402. The standard InChI is InChI=1S/C24H34N2O6/c1-5-25(18-9-7-6-8-10-18)23(28)16(2)32-24(29)17-13-22(27)26(15-17)20-12-11-19(30-3)14-21(20)31-4/h11-12,14,16-18H,5-10,13,15H2,1-4H3/t16-,17+/m1/s1. The van der Waals surface area contributed by atoms with Crippen molar-refractivity contribution in [1.82, 2.24) is 4.90 Å². The number of methoxy groups -OCH3 is 2. The molecule has 8 nitrogen and oxygen atoms in total. The maximum absolute atomic E-state index is 13.0. The van der Waals surface area contributed by atoms with Crippen molar-refractivity contribution >= 4 is 23.5 Å². The van der Waals surface area contributed by atoms with E-state index in [1.807, 2.05) is 11.8 Å². The molecule has 1 heterocycles. The van der Waals surface area contributed by atoms with Crippen molar-refractivity contribution in [2.45, 2.75) is 64.5 Å². The number of carbonyl (C=O) groups excluding carboxylic acids is 3. The summed E-state index contributed by atoms with van der Waals surface area (Å²) in [6.45, 7) is 4.35. The average molecular weight is 447 g/mol. The zero-order valence-electron chi connectivity index (χ0n) is 19.5. The van der Waals surface area contributed by atoms with E-state index in [-0.39, 0.29) is 30.8 Å². The topological polar surface area (TPSA) is 85.4 Å². The van der Waals surface area contributed by atoms with Gasteiger partial charge in [0.2, 0.25) is 5.91 Å². The fourth-order valence-corrected chi connectivity index (χ4v) is 4.65. The van der Waals surface area contributed by atoms with E-state index in [1.165, 1.54) is 18.4 Å². The first kappa shape index (κ1) is 23.9. The number of nitrogens with zero attached hydrogens (tertiary/aromatic N) is 2. The fourth-order valence-electron chi connectivity index (χ4n) is 4.65. The van der Waals surface area contributed by atoms with Gasteiger partial charge in [0.25, 0.3) is 5.91 Å². The quantitative estimate of drug-likeness (QED) is 0.570. The van der Waals surface area contributed by atoms with Crippen LogP contribution in [0.3, 0.4) is 0 Å². The van der Waals surface area contributed by atoms with Crippen LogP contribution in [0.15, 0.2) is 18.2 Å². The normalized spacial score (nSPS) is 20.1. The third-order valence-corrected chi connectivity index (χ3v) is 6.42. The van der Waals surface area contributed by atoms with Gasteiger partial charge in [-0.15, -0.1) is 0 Å². The molecular weight excluding hydrogens is 412 g/mol. The highest BCUT2D eigenvalue weighted by molar-refractivity contribution is 6.01. The molecular formula is C24H34N2O6. The summed E-state index contributed by atoms with van der Waals surface area (Å²) in [6.07, 6.45) is 4.61. The Morgan fingerprint density at radius 3 is 2.50 bits per heavy atom. The maximum atomic E-state index is 13.0. The van der Waals surface area contributed by atoms with Crippen molar-refractivity contribution in [3.63, 3.8) is 0 Å². The highest BCUT2D eigenvalue weighted by Crippen LogP contribution is 2.36. The average Bonchev–Trinajstić information content (AvgIpc) is 3.21. The minimum absolute atomic E-state index is 0.0368. The van der Waals surface area contributed by atoms with Crippen molar-refractivity contribution in [2.24, 2.45) is 5.92 Å². The van der Waals surface area contributed by atoms with Crippen LogP contribution in [0.2, 0.25) is 0 Å². The van der Waals surface area contributed by atoms with Crippen LogP contribution in [0.4, 0.5) is 5.69 Å². The van der Waals surface area contributed by atoms with Gasteiger partial charge in [0.1, 0.15) is 11.5 Å². The van der Waals surface area contributed by atoms with Crippen LogP contribution in [0.1, 0.15) is 52.4 Å². The predicted octanol–water partition coefficient (Wildman–Crippen LogP) is 3.17. The number of hydrogen-bond donors (Lipinski definition) is 0. The van der Waals surface area contributed by atoms with Crippen LogP contribution in [-0.4, -0.2) is 62.1 Å². The number of ether oxygens (including phenoxy) is 3. The summed E-state index contributed by atoms with van der Waals surface area (Å²) in [5.41, 5.74) is 0.576. The molecule has 0 aromatic heterocycles. The van der Waals surface area contributed by atoms with Gasteiger partial charge in [0.15, 0.2) is 6.10 Å². The number of hydrogen-bond acceptors (Lipinski definition) is 6. The van der Waals surface area contributed by atoms with E-state index < -0.39 is 18.0 Å². The van der Waals surface area contributed by atoms with Gasteiger partial charge >= 0.3 is 5.97 Å². The first-order valence-electron chi connectivity index (χ1n) is 11.4. The van der Waals surface area contributed by atoms with Crippen LogP contribution in [-0.2, 0) is 19.1 Å². The van der Waals surface area contributed by atoms with Gasteiger partial charge in [0, 0.05) is 31.6 Å². The molecule has 2 aliphatic rings. The second kappa shape index (κ2) is 10.7. The molecule has 0 unspecified atom stereocenters. The van der Waals surface area contributed by atoms with Gasteiger partial charge in [0.05, 0.1) is 25.8 Å². The molecule has 0 spiro atoms. The number of benzene rings is 1. The van der Waals surface area contributed by atoms with Crippen LogP contribution < -0.4 is 14.4 Å². The first-order chi connectivity index (χ1) is 15.4. The molecule has 1 saturated carbocycles. The number of esters is 1. The lowest BCUT2D eigenvalue weighted by molar-refractivity contribution is -0.163. The Hall–Kier alpha value is -2.77. The van der Waals surface area contributed by atoms with Crippen molar-refractivity contribution in [1.29, 1.82) is 0 Å². The predicted molar refractivity (Wildman–Crippen MR) is 120 cm³/mol. The zero-order chi connectivity index (χ0) is 23.3. The minimum Gasteiger partial charge on any atom is -0.497 e. The van der Waals surface area contributed by atoms with E-state index in [9.17, 15) is 14.4 Å². The van der Waals surface area contributed by atoms with Gasteiger partial charge in [-0.25, -0.2) is 0 Å². The molecule has 176 valence electrons. The number of likely N-dealkylation sites (N-methyl/N-ethyl adjacent to an activating group) is 1. The smallest absolute Gasteiger partial charge is 0.312 e. The fraction of sp³-hybridized carbons (Fsp3) is 0.625. The van der Waals surface area contributed by atoms with Gasteiger partial charge in [-0.3, -0.25) is 14.4 Å². The number of anilines is 1. The molecule has 1 aliphatic carbocycles. The zero-order valence-corrected chi connectivity index (χ0v) is 19.5. The lowest BCUT2D eigenvalue weighted by atomic mass is 9.94. The Kier molecular flexibility index (Phi) is 7.99. The summed E-state index contributed by atoms with van der Waals surface area (Å²) in [7, 11) is 3.07. The third-order valence-electron chi connectivity index (χ3n) is 6.42. The second-order valence-electron chi connectivity index (χ2n) is 8.44. The molecule has 2 atom stereocenters. The summed E-state index contributed by atoms with van der Waals surface area (Å²) in [5, 5.41) is 0. The SMILES string of the molecule is CCN(C(=O)[C@@H](C)OC(=O)[C@H]1CC(=O)N(c2ccc(OC)cc2OC)C1)C1CCCCC1. The number of rotatable bonds is 8. The second-order valence-corrected chi connectivity index (χ2v) is 8.44. The molecule has 1 aromatic rings. The molecule has 0 bridgehead atoms. The lowest BCUT2D eigenvalue weighted by Crippen LogP contribution is -2.47. The van der Waals surface area contributed by atoms with Crippen LogP contribution in [0.25, 0.3) is 0 Å². The van der Waals surface area contributed by atoms with E-state index in [4.69, 9.17) is 14.2 Å². The highest BCUT2D eigenvalue weighted by atomic mass is 16.5. The van der Waals surface area contributed by atoms with Gasteiger partial charge in [-0.1, -0.05) is 19.3 Å². The summed E-state index contributed by atoms with van der Waals surface area (Å²) >= 11 is 0. The van der Waals surface area contributed by atoms with Crippen molar-refractivity contribution in [3.05, 3.63) is 18.2 Å². The molecule has 2 fully saturated rings. The molecule has 0 N–H and O–H groups in total. The Balaban J connectivity index is 1.63. The molecule has 3 rings (SSSR count). The molecule has 32 heavy (non-hydrogen) atoms. The van der Waals surface area contributed by atoms with Crippen molar-refractivity contribution in [2.75, 3.05) is 32.2 Å². The Morgan fingerprint density at radius 2 is 1.88 bits per heavy atom. The monoisotopic (exact) mass is 446 g/mol. The maximum Gasteiger partial charge on any atom is 0.312 e. The third kappa shape index (κ3) is 5.16. The van der Waals surface area contributed by atoms with E-state index in [1.54, 1.807) is 32.2 Å². The lowest BCUT2D eigenvalue weighted by Gasteiger charge is -2.35. The first-order valence-corrected chi connectivity index (χ1v) is 11.4. The van der Waals surface area contributed by atoms with Crippen LogP contribution >= 0.6 is 0 Å². The Morgan fingerprint density at radius 1 is 1.16 bits per heavy atom.